The molecule has 1 N–H and O–H groups in total. The van der Waals surface area contributed by atoms with Crippen LogP contribution in [-0.4, -0.2) is 18.4 Å². The highest BCUT2D eigenvalue weighted by atomic mass is 79.9. The Hall–Kier alpha value is -2.02. The molecular weight excluding hydrogens is 469 g/mol. The normalized spacial score (nSPS) is 15.1. The number of amides is 2. The molecule has 0 unspecified atom stereocenters. The fraction of sp³-hybridized carbons (Fsp3) is 0.200. The minimum Gasteiger partial charge on any atom is -0.490 e. The molecule has 0 aliphatic carbocycles. The zero-order valence-electron chi connectivity index (χ0n) is 14.9. The van der Waals surface area contributed by atoms with Crippen molar-refractivity contribution in [1.82, 2.24) is 5.32 Å². The van der Waals surface area contributed by atoms with Gasteiger partial charge in [0.2, 0.25) is 5.91 Å². The van der Waals surface area contributed by atoms with E-state index in [2.05, 4.69) is 21.2 Å². The number of carbonyl (C=O) groups is 2. The van der Waals surface area contributed by atoms with Crippen LogP contribution in [0.15, 0.2) is 40.4 Å². The largest absolute Gasteiger partial charge is 0.490 e. The summed E-state index contributed by atoms with van der Waals surface area (Å²) in [5.41, 5.74) is 1.86. The first kappa shape index (κ1) is 20.7. The quantitative estimate of drug-likeness (QED) is 0.454. The van der Waals surface area contributed by atoms with Crippen molar-refractivity contribution in [2.45, 2.75) is 20.0 Å². The van der Waals surface area contributed by atoms with Gasteiger partial charge in [0.1, 0.15) is 6.61 Å². The smallest absolute Gasteiger partial charge is 0.254 e. The van der Waals surface area contributed by atoms with Crippen LogP contribution in [0.2, 0.25) is 10.0 Å². The molecule has 0 aromatic heterocycles. The Morgan fingerprint density at radius 1 is 1.18 bits per heavy atom. The van der Waals surface area contributed by atoms with Crippen molar-refractivity contribution in [3.05, 3.63) is 61.5 Å². The molecule has 1 aliphatic heterocycles. The lowest BCUT2D eigenvalue weighted by Crippen LogP contribution is -2.19. The SMILES string of the molecule is CCOc1cc(/C=C2\CC(=O)NC2=O)cc(Br)c1OCc1cc(Cl)ccc1Cl. The zero-order valence-corrected chi connectivity index (χ0v) is 18.0. The molecule has 5 nitrogen and oxygen atoms in total. The predicted octanol–water partition coefficient (Wildman–Crippen LogP) is 5.16. The Morgan fingerprint density at radius 3 is 2.64 bits per heavy atom. The number of halogens is 3. The molecule has 8 heteroatoms. The van der Waals surface area contributed by atoms with Gasteiger partial charge >= 0.3 is 0 Å². The standard InChI is InChI=1S/C20H16BrCl2NO4/c1-2-27-17-7-11(5-12-9-18(25)24-20(12)26)6-15(21)19(17)28-10-13-8-14(22)3-4-16(13)23/h3-8H,2,9-10H2,1H3,(H,24,25,26)/b12-5+. The van der Waals surface area contributed by atoms with Gasteiger partial charge in [-0.2, -0.15) is 0 Å². The average Bonchev–Trinajstić information content (AvgIpc) is 2.94. The lowest BCUT2D eigenvalue weighted by atomic mass is 10.1. The van der Waals surface area contributed by atoms with Crippen LogP contribution in [0.4, 0.5) is 0 Å². The van der Waals surface area contributed by atoms with E-state index in [1.54, 1.807) is 36.4 Å². The lowest BCUT2D eigenvalue weighted by Gasteiger charge is -2.15. The summed E-state index contributed by atoms with van der Waals surface area (Å²) in [7, 11) is 0. The first-order chi connectivity index (χ1) is 13.4. The molecule has 2 aromatic rings. The van der Waals surface area contributed by atoms with E-state index >= 15 is 0 Å². The van der Waals surface area contributed by atoms with Crippen molar-refractivity contribution in [2.24, 2.45) is 0 Å². The maximum Gasteiger partial charge on any atom is 0.254 e. The second kappa shape index (κ2) is 8.99. The van der Waals surface area contributed by atoms with Crippen LogP contribution in [0.25, 0.3) is 6.08 Å². The molecule has 0 radical (unpaired) electrons. The van der Waals surface area contributed by atoms with Gasteiger partial charge in [0.15, 0.2) is 11.5 Å². The molecule has 0 atom stereocenters. The second-order valence-corrected chi connectivity index (χ2v) is 7.71. The fourth-order valence-corrected chi connectivity index (χ4v) is 3.64. The van der Waals surface area contributed by atoms with Crippen molar-refractivity contribution in [3.63, 3.8) is 0 Å². The Bertz CT molecular complexity index is 975. The van der Waals surface area contributed by atoms with E-state index in [1.807, 2.05) is 6.92 Å². The van der Waals surface area contributed by atoms with Crippen LogP contribution >= 0.6 is 39.1 Å². The van der Waals surface area contributed by atoms with E-state index in [1.165, 1.54) is 0 Å². The molecule has 1 fully saturated rings. The molecule has 2 aromatic carbocycles. The molecule has 1 heterocycles. The van der Waals surface area contributed by atoms with Crippen molar-refractivity contribution < 1.29 is 19.1 Å². The molecule has 1 aliphatic rings. The van der Waals surface area contributed by atoms with Gasteiger partial charge in [0.25, 0.3) is 5.91 Å². The van der Waals surface area contributed by atoms with Gasteiger partial charge in [0, 0.05) is 21.2 Å². The van der Waals surface area contributed by atoms with E-state index in [9.17, 15) is 9.59 Å². The van der Waals surface area contributed by atoms with Crippen molar-refractivity contribution in [1.29, 1.82) is 0 Å². The number of hydrogen-bond acceptors (Lipinski definition) is 4. The number of hydrogen-bond donors (Lipinski definition) is 1. The topological polar surface area (TPSA) is 64.6 Å². The Morgan fingerprint density at radius 2 is 1.96 bits per heavy atom. The lowest BCUT2D eigenvalue weighted by molar-refractivity contribution is -0.124. The van der Waals surface area contributed by atoms with Crippen LogP contribution in [-0.2, 0) is 16.2 Å². The van der Waals surface area contributed by atoms with Crippen LogP contribution in [0.1, 0.15) is 24.5 Å². The molecular formula is C20H16BrCl2NO4. The number of benzene rings is 2. The summed E-state index contributed by atoms with van der Waals surface area (Å²) in [5.74, 6) is 0.326. The van der Waals surface area contributed by atoms with E-state index in [-0.39, 0.29) is 24.8 Å². The first-order valence-electron chi connectivity index (χ1n) is 8.45. The maximum absolute atomic E-state index is 11.8. The molecule has 0 bridgehead atoms. The highest BCUT2D eigenvalue weighted by Crippen LogP contribution is 2.38. The van der Waals surface area contributed by atoms with Gasteiger partial charge < -0.3 is 9.47 Å². The average molecular weight is 485 g/mol. The van der Waals surface area contributed by atoms with Crippen molar-refractivity contribution in [2.75, 3.05) is 6.61 Å². The van der Waals surface area contributed by atoms with Gasteiger partial charge in [-0.15, -0.1) is 0 Å². The Labute approximate surface area is 180 Å². The van der Waals surface area contributed by atoms with Crippen LogP contribution in [0.5, 0.6) is 11.5 Å². The Kier molecular flexibility index (Phi) is 6.65. The minimum absolute atomic E-state index is 0.0614. The fourth-order valence-electron chi connectivity index (χ4n) is 2.70. The van der Waals surface area contributed by atoms with E-state index in [0.717, 1.165) is 5.56 Å². The number of imide groups is 1. The van der Waals surface area contributed by atoms with Crippen LogP contribution in [0, 0.1) is 0 Å². The zero-order chi connectivity index (χ0) is 20.3. The van der Waals surface area contributed by atoms with Crippen LogP contribution < -0.4 is 14.8 Å². The molecule has 3 rings (SSSR count). The highest BCUT2D eigenvalue weighted by molar-refractivity contribution is 9.10. The molecule has 1 saturated heterocycles. The number of rotatable bonds is 6. The van der Waals surface area contributed by atoms with Gasteiger partial charge in [0.05, 0.1) is 17.5 Å². The molecule has 2 amide bonds. The van der Waals surface area contributed by atoms with Gasteiger partial charge in [-0.1, -0.05) is 23.2 Å². The summed E-state index contributed by atoms with van der Waals surface area (Å²) < 4.78 is 12.3. The van der Waals surface area contributed by atoms with E-state index < -0.39 is 0 Å². The third-order valence-corrected chi connectivity index (χ3v) is 5.14. The van der Waals surface area contributed by atoms with Crippen LogP contribution in [0.3, 0.4) is 0 Å². The van der Waals surface area contributed by atoms with Gasteiger partial charge in [-0.25, -0.2) is 0 Å². The third-order valence-electron chi connectivity index (χ3n) is 3.95. The summed E-state index contributed by atoms with van der Waals surface area (Å²) in [5, 5.41) is 3.38. The number of carbonyl (C=O) groups excluding carboxylic acids is 2. The number of ether oxygens (including phenoxy) is 2. The maximum atomic E-state index is 11.8. The minimum atomic E-state index is -0.380. The highest BCUT2D eigenvalue weighted by Gasteiger charge is 2.24. The molecule has 146 valence electrons. The van der Waals surface area contributed by atoms with Crippen molar-refractivity contribution in [3.8, 4) is 11.5 Å². The summed E-state index contributed by atoms with van der Waals surface area (Å²) in [6, 6.07) is 8.71. The molecule has 0 spiro atoms. The third kappa shape index (κ3) is 4.87. The monoisotopic (exact) mass is 483 g/mol. The van der Waals surface area contributed by atoms with Gasteiger partial charge in [-0.05, 0) is 64.8 Å². The summed E-state index contributed by atoms with van der Waals surface area (Å²) in [6.07, 6.45) is 1.72. The van der Waals surface area contributed by atoms with Gasteiger partial charge in [-0.3, -0.25) is 14.9 Å². The Balaban J connectivity index is 1.89. The first-order valence-corrected chi connectivity index (χ1v) is 10.00. The summed E-state index contributed by atoms with van der Waals surface area (Å²) in [4.78, 5) is 23.1. The predicted molar refractivity (Wildman–Crippen MR) is 112 cm³/mol. The summed E-state index contributed by atoms with van der Waals surface area (Å²) in [6.45, 7) is 2.49. The summed E-state index contributed by atoms with van der Waals surface area (Å²) >= 11 is 15.7. The molecule has 0 saturated carbocycles. The molecule has 28 heavy (non-hydrogen) atoms. The second-order valence-electron chi connectivity index (χ2n) is 6.01. The van der Waals surface area contributed by atoms with E-state index in [0.29, 0.717) is 43.8 Å². The number of nitrogens with one attached hydrogen (secondary N) is 1. The van der Waals surface area contributed by atoms with Crippen molar-refractivity contribution >= 4 is 57.0 Å². The van der Waals surface area contributed by atoms with E-state index in [4.69, 9.17) is 32.7 Å².